The van der Waals surface area contributed by atoms with Gasteiger partial charge in [0, 0.05) is 44.6 Å². The zero-order valence-corrected chi connectivity index (χ0v) is 37.9. The third-order valence-electron chi connectivity index (χ3n) is 10.6. The maximum Gasteiger partial charge on any atom is 0.228 e. The summed E-state index contributed by atoms with van der Waals surface area (Å²) in [7, 11) is 0. The van der Waals surface area contributed by atoms with E-state index in [4.69, 9.17) is 35.5 Å². The molecule has 2 amide bonds. The van der Waals surface area contributed by atoms with Crippen molar-refractivity contribution in [2.24, 2.45) is 4.99 Å². The molecule has 328 valence electrons. The molecule has 3 N–H and O–H groups in total. The number of nitrogens with one attached hydrogen (secondary N) is 3. The summed E-state index contributed by atoms with van der Waals surface area (Å²) in [6, 6.07) is 28.6. The van der Waals surface area contributed by atoms with Crippen molar-refractivity contribution in [1.82, 2.24) is 14.8 Å². The summed E-state index contributed by atoms with van der Waals surface area (Å²) in [5.41, 5.74) is 9.66. The van der Waals surface area contributed by atoms with Crippen LogP contribution in [0.4, 0.5) is 17.1 Å². The Balaban J connectivity index is 0.00000595. The summed E-state index contributed by atoms with van der Waals surface area (Å²) in [4.78, 5) is 31.5. The van der Waals surface area contributed by atoms with E-state index >= 15 is 0 Å². The van der Waals surface area contributed by atoms with Crippen LogP contribution in [0.15, 0.2) is 96.0 Å². The molecule has 0 bridgehead atoms. The molecule has 8 rings (SSSR count). The number of aliphatic imine (C=N–C) groups is 1. The van der Waals surface area contributed by atoms with Crippen LogP contribution in [-0.2, 0) is 30.2 Å². The fraction of sp³-hybridized carbons (Fsp3) is 0.298. The van der Waals surface area contributed by atoms with Gasteiger partial charge in [-0.15, -0.1) is 21.5 Å². The van der Waals surface area contributed by atoms with Gasteiger partial charge < -0.3 is 34.9 Å². The number of nitrogens with zero attached hydrogens (tertiary/aromatic N) is 4. The van der Waals surface area contributed by atoms with E-state index in [1.165, 1.54) is 4.88 Å². The normalized spacial score (nSPS) is 13.8. The number of hydrogen-bond donors (Lipinski definition) is 3. The molecule has 16 heteroatoms. The number of thiophene rings is 1. The van der Waals surface area contributed by atoms with Gasteiger partial charge in [0.15, 0.2) is 5.82 Å². The first-order valence-corrected chi connectivity index (χ1v) is 21.8. The zero-order chi connectivity index (χ0) is 43.0. The highest BCUT2D eigenvalue weighted by Crippen LogP contribution is 2.40. The van der Waals surface area contributed by atoms with Crippen molar-refractivity contribution < 1.29 is 28.5 Å². The largest absolute Gasteiger partial charge is 0.491 e. The molecule has 0 saturated carbocycles. The highest BCUT2D eigenvalue weighted by molar-refractivity contribution is 7.59. The van der Waals surface area contributed by atoms with Crippen molar-refractivity contribution in [3.63, 3.8) is 0 Å². The molecule has 63 heavy (non-hydrogen) atoms. The Bertz CT molecular complexity index is 2560. The average Bonchev–Trinajstić information content (AvgIpc) is 3.91. The van der Waals surface area contributed by atoms with Crippen LogP contribution in [0.5, 0.6) is 5.75 Å². The second-order valence-electron chi connectivity index (χ2n) is 15.0. The molecule has 13 nitrogen and oxygen atoms in total. The number of amides is 2. The molecular formula is C47H50ClN7O6S2. The molecule has 0 fully saturated rings. The van der Waals surface area contributed by atoms with Crippen LogP contribution in [0.25, 0.3) is 16.1 Å². The van der Waals surface area contributed by atoms with Crippen LogP contribution in [0.2, 0.25) is 5.02 Å². The summed E-state index contributed by atoms with van der Waals surface area (Å²) < 4.78 is 24.9. The number of carbonyl (C=O) groups excluding carboxylic acids is 2. The maximum absolute atomic E-state index is 13.5. The van der Waals surface area contributed by atoms with E-state index in [-0.39, 0.29) is 31.7 Å². The first kappa shape index (κ1) is 45.5. The predicted molar refractivity (Wildman–Crippen MR) is 254 cm³/mol. The number of rotatable bonds is 19. The lowest BCUT2D eigenvalue weighted by Crippen LogP contribution is -2.17. The standard InChI is InChI=1S/C47H48ClN7O6S.H2S/c1-29-30(2)62-47-44(29)45(33-4-9-36(48)10-5-33)52-41(46-54-53-31(3)55(46)47)28-43(57)50-38-13-15-39(16-14-38)61-25-24-60-23-22-59-21-20-58-19-18-49-37-11-6-32(7-12-37)34-8-17-40-35(26-34)27-42(56)51-40;/h4-17,26,41,49H,18-25,27-28H2,1-3H3,(H,50,57)(H,51,56);1H2/t41-;/m0./s1. The molecule has 0 aliphatic carbocycles. The third kappa shape index (κ3) is 11.2. The van der Waals surface area contributed by atoms with Gasteiger partial charge in [0.25, 0.3) is 0 Å². The number of halogens is 1. The number of aromatic nitrogens is 3. The molecule has 0 spiro atoms. The molecular weight excluding hydrogens is 858 g/mol. The van der Waals surface area contributed by atoms with E-state index in [1.54, 1.807) is 11.3 Å². The maximum atomic E-state index is 13.5. The number of aryl methyl sites for hydroxylation is 2. The second kappa shape index (κ2) is 21.2. The molecule has 2 aliphatic rings. The second-order valence-corrected chi connectivity index (χ2v) is 16.6. The van der Waals surface area contributed by atoms with E-state index in [1.807, 2.05) is 84.3 Å². The molecule has 0 saturated heterocycles. The van der Waals surface area contributed by atoms with Gasteiger partial charge >= 0.3 is 0 Å². The molecule has 0 radical (unpaired) electrons. The minimum Gasteiger partial charge on any atom is -0.491 e. The third-order valence-corrected chi connectivity index (χ3v) is 12.1. The molecule has 4 aromatic carbocycles. The van der Waals surface area contributed by atoms with Crippen molar-refractivity contribution in [3.05, 3.63) is 135 Å². The number of carbonyl (C=O) groups is 2. The Morgan fingerprint density at radius 3 is 2.19 bits per heavy atom. The molecule has 4 heterocycles. The molecule has 2 aromatic heterocycles. The number of benzene rings is 4. The fourth-order valence-corrected chi connectivity index (χ4v) is 8.71. The Labute approximate surface area is 382 Å². The quantitative estimate of drug-likeness (QED) is 0.0679. The number of ether oxygens (including phenoxy) is 4. The van der Waals surface area contributed by atoms with Crippen LogP contribution in [-0.4, -0.2) is 85.1 Å². The average molecular weight is 909 g/mol. The van der Waals surface area contributed by atoms with Gasteiger partial charge in [-0.25, -0.2) is 0 Å². The number of hydrogen-bond acceptors (Lipinski definition) is 11. The predicted octanol–water partition coefficient (Wildman–Crippen LogP) is 8.64. The van der Waals surface area contributed by atoms with E-state index in [9.17, 15) is 9.59 Å². The van der Waals surface area contributed by atoms with Gasteiger partial charge in [0.05, 0.1) is 58.2 Å². The molecule has 0 unspecified atom stereocenters. The van der Waals surface area contributed by atoms with Gasteiger partial charge in [0.2, 0.25) is 11.8 Å². The highest BCUT2D eigenvalue weighted by atomic mass is 35.5. The summed E-state index contributed by atoms with van der Waals surface area (Å²) in [5, 5.41) is 19.8. The van der Waals surface area contributed by atoms with Crippen molar-refractivity contribution in [3.8, 4) is 21.9 Å². The minimum atomic E-state index is -0.567. The smallest absolute Gasteiger partial charge is 0.228 e. The minimum absolute atomic E-state index is 0. The van der Waals surface area contributed by atoms with Crippen LogP contribution in [0, 0.1) is 20.8 Å². The van der Waals surface area contributed by atoms with Gasteiger partial charge in [-0.1, -0.05) is 41.9 Å². The number of anilines is 3. The van der Waals surface area contributed by atoms with Crippen molar-refractivity contribution in [2.45, 2.75) is 39.7 Å². The van der Waals surface area contributed by atoms with E-state index in [0.29, 0.717) is 81.5 Å². The first-order valence-electron chi connectivity index (χ1n) is 20.6. The summed E-state index contributed by atoms with van der Waals surface area (Å²) in [6.45, 7) is 10.0. The Hall–Kier alpha value is -5.55. The van der Waals surface area contributed by atoms with Gasteiger partial charge in [-0.3, -0.25) is 19.1 Å². The van der Waals surface area contributed by atoms with Crippen LogP contribution in [0.3, 0.4) is 0 Å². The lowest BCUT2D eigenvalue weighted by Gasteiger charge is -2.13. The summed E-state index contributed by atoms with van der Waals surface area (Å²) in [5.74, 6) is 1.88. The van der Waals surface area contributed by atoms with E-state index < -0.39 is 6.04 Å². The summed E-state index contributed by atoms with van der Waals surface area (Å²) >= 11 is 7.91. The molecule has 6 aromatic rings. The Morgan fingerprint density at radius 1 is 0.810 bits per heavy atom. The van der Waals surface area contributed by atoms with Crippen LogP contribution < -0.4 is 20.7 Å². The fourth-order valence-electron chi connectivity index (χ4n) is 7.37. The van der Waals surface area contributed by atoms with Crippen LogP contribution >= 0.6 is 36.4 Å². The van der Waals surface area contributed by atoms with Gasteiger partial charge in [-0.2, -0.15) is 13.5 Å². The lowest BCUT2D eigenvalue weighted by atomic mass is 9.99. The van der Waals surface area contributed by atoms with E-state index in [0.717, 1.165) is 61.3 Å². The Kier molecular flexibility index (Phi) is 15.3. The van der Waals surface area contributed by atoms with Crippen LogP contribution in [0.1, 0.15) is 51.2 Å². The zero-order valence-electron chi connectivity index (χ0n) is 35.3. The lowest BCUT2D eigenvalue weighted by molar-refractivity contribution is -0.117. The molecule has 2 aliphatic heterocycles. The summed E-state index contributed by atoms with van der Waals surface area (Å²) in [6.07, 6.45) is 0.505. The SMILES string of the molecule is Cc1sc2c(c1C)C(c1ccc(Cl)cc1)=N[C@@H](CC(=O)Nc1ccc(OCCOCCOCCOCCNc3ccc(-c4ccc5c(c4)CC(=O)N5)cc3)cc1)c1nnc(C)n1-2.S. The highest BCUT2D eigenvalue weighted by Gasteiger charge is 2.32. The topological polar surface area (TPSA) is 150 Å². The van der Waals surface area contributed by atoms with Crippen molar-refractivity contribution >= 4 is 71.0 Å². The van der Waals surface area contributed by atoms with E-state index in [2.05, 4.69) is 58.2 Å². The monoisotopic (exact) mass is 907 g/mol. The number of fused-ring (bicyclic) bond motifs is 4. The Morgan fingerprint density at radius 2 is 1.46 bits per heavy atom. The molecule has 1 atom stereocenters. The van der Waals surface area contributed by atoms with Gasteiger partial charge in [0.1, 0.15) is 29.2 Å². The van der Waals surface area contributed by atoms with Crippen molar-refractivity contribution in [2.75, 3.05) is 68.7 Å². The first-order chi connectivity index (χ1) is 30.2. The van der Waals surface area contributed by atoms with Gasteiger partial charge in [-0.05, 0) is 104 Å². The van der Waals surface area contributed by atoms with Crippen molar-refractivity contribution in [1.29, 1.82) is 0 Å².